The van der Waals surface area contributed by atoms with Gasteiger partial charge in [-0.1, -0.05) is 18.2 Å². The van der Waals surface area contributed by atoms with Gasteiger partial charge in [0.05, 0.1) is 23.8 Å². The number of fused-ring (bicyclic) bond motifs is 1. The number of amides is 1. The van der Waals surface area contributed by atoms with Gasteiger partial charge >= 0.3 is 0 Å². The van der Waals surface area contributed by atoms with Crippen molar-refractivity contribution in [2.45, 2.75) is 25.2 Å². The minimum atomic E-state index is -0.386. The van der Waals surface area contributed by atoms with Gasteiger partial charge in [-0.3, -0.25) is 4.79 Å². The normalized spacial score (nSPS) is 18.1. The van der Waals surface area contributed by atoms with Crippen molar-refractivity contribution in [1.29, 1.82) is 0 Å². The van der Waals surface area contributed by atoms with Gasteiger partial charge in [-0.05, 0) is 49.2 Å². The molecule has 2 saturated heterocycles. The molecule has 0 saturated carbocycles. The minimum absolute atomic E-state index is 0.0482. The van der Waals surface area contributed by atoms with Crippen molar-refractivity contribution in [3.8, 4) is 5.75 Å². The van der Waals surface area contributed by atoms with E-state index in [1.807, 2.05) is 25.2 Å². The van der Waals surface area contributed by atoms with Crippen LogP contribution in [0.25, 0.3) is 11.0 Å². The molecule has 194 valence electrons. The maximum atomic E-state index is 12.0. The number of carbonyl (C=O) groups is 1. The lowest BCUT2D eigenvalue weighted by Gasteiger charge is -2.26. The van der Waals surface area contributed by atoms with Crippen molar-refractivity contribution in [3.05, 3.63) is 54.3 Å². The van der Waals surface area contributed by atoms with Crippen molar-refractivity contribution >= 4 is 45.9 Å². The van der Waals surface area contributed by atoms with Crippen LogP contribution >= 0.6 is 11.6 Å². The fraction of sp³-hybridized carbons (Fsp3) is 0.385. The molecule has 2 fully saturated rings. The predicted molar refractivity (Wildman–Crippen MR) is 141 cm³/mol. The zero-order chi connectivity index (χ0) is 25.8. The third-order valence-electron chi connectivity index (χ3n) is 6.49. The first-order chi connectivity index (χ1) is 18.0. The van der Waals surface area contributed by atoms with E-state index in [0.717, 1.165) is 24.3 Å². The topological polar surface area (TPSA) is 102 Å². The van der Waals surface area contributed by atoms with Crippen molar-refractivity contribution in [2.75, 3.05) is 50.2 Å². The lowest BCUT2D eigenvalue weighted by atomic mass is 10.2. The zero-order valence-electron chi connectivity index (χ0n) is 20.6. The Labute approximate surface area is 220 Å². The van der Waals surface area contributed by atoms with Crippen molar-refractivity contribution in [3.63, 3.8) is 0 Å². The van der Waals surface area contributed by atoms with Crippen LogP contribution in [0, 0.1) is 0 Å². The molecule has 1 aromatic carbocycles. The van der Waals surface area contributed by atoms with E-state index in [-0.39, 0.29) is 24.8 Å². The number of rotatable bonds is 8. The highest BCUT2D eigenvalue weighted by molar-refractivity contribution is 6.32. The van der Waals surface area contributed by atoms with Crippen LogP contribution in [0.4, 0.5) is 17.3 Å². The van der Waals surface area contributed by atoms with Crippen LogP contribution in [-0.4, -0.2) is 78.0 Å². The first-order valence-electron chi connectivity index (χ1n) is 12.2. The van der Waals surface area contributed by atoms with Gasteiger partial charge in [0.25, 0.3) is 0 Å². The number of likely N-dealkylation sites (N-methyl/N-ethyl adjacent to an activating group) is 1. The maximum Gasteiger partial charge on any atom is 0.246 e. The summed E-state index contributed by atoms with van der Waals surface area (Å²) in [4.78, 5) is 29.5. The van der Waals surface area contributed by atoms with Gasteiger partial charge in [-0.15, -0.1) is 0 Å². The second kappa shape index (κ2) is 11.3. The highest BCUT2D eigenvalue weighted by atomic mass is 35.5. The summed E-state index contributed by atoms with van der Waals surface area (Å²) < 4.78 is 16.8. The molecule has 1 atom stereocenters. The second-order valence-corrected chi connectivity index (χ2v) is 9.31. The molecule has 37 heavy (non-hydrogen) atoms. The largest absolute Gasteiger partial charge is 0.487 e. The SMILES string of the molecule is C=CC(=O)N1CCC(N(C)c2ccc3ncnc(Nc4ccc(OCC5OCCCO5)c(Cl)c4)c3n2)C1. The van der Waals surface area contributed by atoms with Crippen LogP contribution in [0.2, 0.25) is 5.02 Å². The van der Waals surface area contributed by atoms with Gasteiger partial charge < -0.3 is 29.3 Å². The van der Waals surface area contributed by atoms with Crippen molar-refractivity contribution in [1.82, 2.24) is 19.9 Å². The highest BCUT2D eigenvalue weighted by Crippen LogP contribution is 2.31. The van der Waals surface area contributed by atoms with Gasteiger partial charge in [0, 0.05) is 31.9 Å². The molecule has 0 bridgehead atoms. The van der Waals surface area contributed by atoms with E-state index in [4.69, 9.17) is 30.8 Å². The molecule has 3 aromatic rings. The molecule has 1 amide bonds. The number of nitrogens with zero attached hydrogens (tertiary/aromatic N) is 5. The number of benzene rings is 1. The predicted octanol–water partition coefficient (Wildman–Crippen LogP) is 3.79. The molecule has 10 nitrogen and oxygen atoms in total. The van der Waals surface area contributed by atoms with Gasteiger partial charge in [-0.25, -0.2) is 15.0 Å². The number of halogens is 1. The van der Waals surface area contributed by atoms with Gasteiger partial charge in [0.2, 0.25) is 5.91 Å². The molecule has 5 rings (SSSR count). The summed E-state index contributed by atoms with van der Waals surface area (Å²) in [6.45, 7) is 6.51. The Morgan fingerprint density at radius 2 is 2.14 bits per heavy atom. The molecule has 2 aromatic heterocycles. The molecular formula is C26H29ClN6O4. The summed E-state index contributed by atoms with van der Waals surface area (Å²) in [7, 11) is 1.99. The number of nitrogens with one attached hydrogen (secondary N) is 1. The molecule has 11 heteroatoms. The van der Waals surface area contributed by atoms with E-state index in [0.29, 0.717) is 53.9 Å². The van der Waals surface area contributed by atoms with E-state index in [9.17, 15) is 4.79 Å². The van der Waals surface area contributed by atoms with Gasteiger partial charge in [-0.2, -0.15) is 0 Å². The molecule has 2 aliphatic heterocycles. The number of aromatic nitrogens is 3. The molecular weight excluding hydrogens is 496 g/mol. The summed E-state index contributed by atoms with van der Waals surface area (Å²) >= 11 is 6.48. The Morgan fingerprint density at radius 1 is 1.30 bits per heavy atom. The first kappa shape index (κ1) is 25.2. The highest BCUT2D eigenvalue weighted by Gasteiger charge is 2.28. The number of hydrogen-bond acceptors (Lipinski definition) is 9. The quantitative estimate of drug-likeness (QED) is 0.441. The van der Waals surface area contributed by atoms with Crippen molar-refractivity contribution in [2.24, 2.45) is 0 Å². The second-order valence-electron chi connectivity index (χ2n) is 8.91. The molecule has 0 spiro atoms. The molecule has 1 N–H and O–H groups in total. The van der Waals surface area contributed by atoms with E-state index >= 15 is 0 Å². The lowest BCUT2D eigenvalue weighted by molar-refractivity contribution is -0.191. The number of ether oxygens (including phenoxy) is 3. The van der Waals surface area contributed by atoms with Gasteiger partial charge in [0.1, 0.15) is 30.0 Å². The summed E-state index contributed by atoms with van der Waals surface area (Å²) in [6, 6.07) is 9.43. The monoisotopic (exact) mass is 524 g/mol. The van der Waals surface area contributed by atoms with Crippen LogP contribution in [0.5, 0.6) is 5.75 Å². The Balaban J connectivity index is 1.30. The summed E-state index contributed by atoms with van der Waals surface area (Å²) in [5.74, 6) is 1.83. The van der Waals surface area contributed by atoms with E-state index < -0.39 is 0 Å². The molecule has 4 heterocycles. The van der Waals surface area contributed by atoms with Crippen LogP contribution in [0.3, 0.4) is 0 Å². The van der Waals surface area contributed by atoms with Crippen LogP contribution < -0.4 is 15.0 Å². The number of anilines is 3. The van der Waals surface area contributed by atoms with Crippen LogP contribution in [0.15, 0.2) is 49.3 Å². The summed E-state index contributed by atoms with van der Waals surface area (Å²) in [5, 5.41) is 3.75. The maximum absolute atomic E-state index is 12.0. The number of pyridine rings is 1. The first-order valence-corrected chi connectivity index (χ1v) is 12.6. The fourth-order valence-electron chi connectivity index (χ4n) is 4.42. The minimum Gasteiger partial charge on any atom is -0.487 e. The molecule has 0 radical (unpaired) electrons. The fourth-order valence-corrected chi connectivity index (χ4v) is 4.65. The Hall–Kier alpha value is -3.47. The Morgan fingerprint density at radius 3 is 2.92 bits per heavy atom. The number of hydrogen-bond donors (Lipinski definition) is 1. The smallest absolute Gasteiger partial charge is 0.246 e. The van der Waals surface area contributed by atoms with Gasteiger partial charge in [0.15, 0.2) is 12.1 Å². The number of likely N-dealkylation sites (tertiary alicyclic amines) is 1. The van der Waals surface area contributed by atoms with E-state index in [2.05, 4.69) is 26.8 Å². The standard InChI is InChI=1S/C26H29ClN6O4/c1-3-23(34)33-10-9-18(14-33)32(2)22-8-6-20-25(31-22)26(29-16-28-20)30-17-5-7-21(19(27)13-17)37-15-24-35-11-4-12-36-24/h3,5-8,13,16,18,24H,1,4,9-12,14-15H2,2H3,(H,28,29,30). The Kier molecular flexibility index (Phi) is 7.68. The van der Waals surface area contributed by atoms with Crippen LogP contribution in [-0.2, 0) is 14.3 Å². The Bertz CT molecular complexity index is 1290. The molecule has 0 aliphatic carbocycles. The average molecular weight is 525 g/mol. The van der Waals surface area contributed by atoms with E-state index in [1.165, 1.54) is 12.4 Å². The average Bonchev–Trinajstić information content (AvgIpc) is 3.43. The molecule has 1 unspecified atom stereocenters. The third-order valence-corrected chi connectivity index (χ3v) is 6.79. The summed E-state index contributed by atoms with van der Waals surface area (Å²) in [6.07, 6.45) is 4.21. The lowest BCUT2D eigenvalue weighted by Crippen LogP contribution is -2.36. The molecule has 2 aliphatic rings. The summed E-state index contributed by atoms with van der Waals surface area (Å²) in [5.41, 5.74) is 2.08. The van der Waals surface area contributed by atoms with Crippen molar-refractivity contribution < 1.29 is 19.0 Å². The number of carbonyl (C=O) groups excluding carboxylic acids is 1. The zero-order valence-corrected chi connectivity index (χ0v) is 21.4. The third kappa shape index (κ3) is 5.76. The van der Waals surface area contributed by atoms with E-state index in [1.54, 1.807) is 17.0 Å². The van der Waals surface area contributed by atoms with Crippen LogP contribution in [0.1, 0.15) is 12.8 Å².